The van der Waals surface area contributed by atoms with Crippen molar-refractivity contribution in [2.24, 2.45) is 5.92 Å². The van der Waals surface area contributed by atoms with Gasteiger partial charge in [0.15, 0.2) is 11.2 Å². The van der Waals surface area contributed by atoms with Gasteiger partial charge in [-0.05, 0) is 43.5 Å². The fourth-order valence-electron chi connectivity index (χ4n) is 3.25. The number of aliphatic carboxylic acids is 1. The molecule has 2 heterocycles. The van der Waals surface area contributed by atoms with E-state index in [1.807, 2.05) is 0 Å². The van der Waals surface area contributed by atoms with Gasteiger partial charge in [0.2, 0.25) is 5.95 Å². The number of nitrogens with two attached hydrogens (primary N) is 1. The Morgan fingerprint density at radius 2 is 1.91 bits per heavy atom. The highest BCUT2D eigenvalue weighted by atomic mass is 16.4. The lowest BCUT2D eigenvalue weighted by atomic mass is 10.0. The summed E-state index contributed by atoms with van der Waals surface area (Å²) in [6, 6.07) is 5.14. The highest BCUT2D eigenvalue weighted by molar-refractivity contribution is 5.97. The molecular formula is C23H25N7O5. The maximum absolute atomic E-state index is 12.5. The summed E-state index contributed by atoms with van der Waals surface area (Å²) in [5.41, 5.74) is 6.61. The Morgan fingerprint density at radius 1 is 1.20 bits per heavy atom. The zero-order chi connectivity index (χ0) is 25.5. The molecule has 0 aliphatic heterocycles. The number of anilines is 2. The predicted molar refractivity (Wildman–Crippen MR) is 127 cm³/mol. The normalized spacial score (nSPS) is 11.9. The molecule has 2 radical (unpaired) electrons. The van der Waals surface area contributed by atoms with Crippen molar-refractivity contribution in [3.63, 3.8) is 0 Å². The summed E-state index contributed by atoms with van der Waals surface area (Å²) in [5, 5.41) is 14.9. The molecule has 12 heteroatoms. The van der Waals surface area contributed by atoms with Gasteiger partial charge in [-0.3, -0.25) is 19.4 Å². The average molecular weight is 479 g/mol. The number of hydrogen-bond donors (Lipinski definition) is 5. The second kappa shape index (κ2) is 11.2. The molecule has 1 aromatic carbocycles. The van der Waals surface area contributed by atoms with Crippen LogP contribution in [0.4, 0.5) is 11.6 Å². The van der Waals surface area contributed by atoms with E-state index in [9.17, 15) is 24.3 Å². The van der Waals surface area contributed by atoms with Crippen LogP contribution in [0.15, 0.2) is 35.3 Å². The first-order valence-electron chi connectivity index (χ1n) is 10.8. The Labute approximate surface area is 200 Å². The van der Waals surface area contributed by atoms with E-state index in [0.717, 1.165) is 0 Å². The minimum absolute atomic E-state index is 0.00856. The number of H-pyrrole nitrogens is 1. The number of carboxylic acids is 1. The number of carbonyl (C=O) groups excluding carboxylic acids is 2. The minimum Gasteiger partial charge on any atom is -0.480 e. The van der Waals surface area contributed by atoms with Gasteiger partial charge >= 0.3 is 5.97 Å². The number of nitrogen functional groups attached to an aromatic ring is 1. The summed E-state index contributed by atoms with van der Waals surface area (Å²) in [4.78, 5) is 62.4. The molecule has 0 saturated heterocycles. The van der Waals surface area contributed by atoms with Gasteiger partial charge < -0.3 is 21.5 Å². The maximum atomic E-state index is 12.5. The molecular weight excluding hydrogens is 454 g/mol. The SMILES string of the molecule is [CH][C@@H](C)CC(=O)CCC(NC(=O)c1ccc(NCc2cnc3nc(N)[nH]c(=O)c3n2)cc1)C(=O)O. The molecule has 0 saturated carbocycles. The molecule has 2 atom stereocenters. The van der Waals surface area contributed by atoms with Crippen LogP contribution >= 0.6 is 0 Å². The fraction of sp³-hybridized carbons (Fsp3) is 0.304. The van der Waals surface area contributed by atoms with E-state index < -0.39 is 23.5 Å². The number of carboxylic acid groups (broad SMARTS) is 1. The van der Waals surface area contributed by atoms with Crippen LogP contribution in [-0.2, 0) is 16.1 Å². The number of rotatable bonds is 11. The lowest BCUT2D eigenvalue weighted by Crippen LogP contribution is -2.41. The van der Waals surface area contributed by atoms with Crippen molar-refractivity contribution in [1.29, 1.82) is 0 Å². The van der Waals surface area contributed by atoms with Gasteiger partial charge in [0.25, 0.3) is 11.5 Å². The van der Waals surface area contributed by atoms with Crippen molar-refractivity contribution in [2.45, 2.75) is 38.8 Å². The number of nitrogens with zero attached hydrogens (tertiary/aromatic N) is 3. The zero-order valence-corrected chi connectivity index (χ0v) is 18.9. The second-order valence-corrected chi connectivity index (χ2v) is 8.04. The van der Waals surface area contributed by atoms with Gasteiger partial charge in [0.1, 0.15) is 11.8 Å². The monoisotopic (exact) mass is 479 g/mol. The minimum atomic E-state index is -1.22. The summed E-state index contributed by atoms with van der Waals surface area (Å²) in [7, 11) is 0. The zero-order valence-electron chi connectivity index (χ0n) is 18.9. The van der Waals surface area contributed by atoms with E-state index in [1.165, 1.54) is 18.3 Å². The highest BCUT2D eigenvalue weighted by Gasteiger charge is 2.22. The van der Waals surface area contributed by atoms with Gasteiger partial charge in [-0.25, -0.2) is 14.8 Å². The van der Waals surface area contributed by atoms with Gasteiger partial charge in [-0.15, -0.1) is 0 Å². The van der Waals surface area contributed by atoms with Gasteiger partial charge in [0.05, 0.1) is 18.4 Å². The first-order valence-corrected chi connectivity index (χ1v) is 10.8. The van der Waals surface area contributed by atoms with Gasteiger partial charge in [-0.1, -0.05) is 6.92 Å². The van der Waals surface area contributed by atoms with Crippen molar-refractivity contribution in [3.05, 3.63) is 59.0 Å². The van der Waals surface area contributed by atoms with Crippen LogP contribution in [-0.4, -0.2) is 48.7 Å². The number of carbonyl (C=O) groups is 3. The van der Waals surface area contributed by atoms with Crippen LogP contribution in [0.1, 0.15) is 42.2 Å². The third kappa shape index (κ3) is 7.06. The molecule has 2 aromatic heterocycles. The number of aromatic nitrogens is 4. The van der Waals surface area contributed by atoms with Crippen molar-refractivity contribution in [1.82, 2.24) is 25.3 Å². The largest absolute Gasteiger partial charge is 0.480 e. The number of ketones is 1. The summed E-state index contributed by atoms with van der Waals surface area (Å²) in [6.45, 7) is 7.51. The van der Waals surface area contributed by atoms with Crippen LogP contribution in [0.25, 0.3) is 11.2 Å². The topological polar surface area (TPSA) is 193 Å². The van der Waals surface area contributed by atoms with E-state index in [0.29, 0.717) is 11.4 Å². The van der Waals surface area contributed by atoms with Crippen LogP contribution in [0.2, 0.25) is 0 Å². The number of fused-ring (bicyclic) bond motifs is 1. The molecule has 3 rings (SSSR count). The Bertz CT molecular complexity index is 1290. The Hall–Kier alpha value is -4.35. The second-order valence-electron chi connectivity index (χ2n) is 8.04. The molecule has 6 N–H and O–H groups in total. The van der Waals surface area contributed by atoms with E-state index in [-0.39, 0.29) is 60.2 Å². The third-order valence-electron chi connectivity index (χ3n) is 4.97. The predicted octanol–water partition coefficient (Wildman–Crippen LogP) is 1.18. The van der Waals surface area contributed by atoms with Crippen molar-refractivity contribution >= 4 is 40.5 Å². The standard InChI is InChI=1S/C23H25N7O5/c1-12(2)9-16(31)7-8-17(22(34)35)28-20(32)13-3-5-14(6-4-13)25-10-15-11-26-19-18(27-15)21(33)30-23(24)29-19/h1,3-6,11-12,17,25H,7-10H2,2H3,(H,28,32)(H,34,35)(H3,24,26,29,30,33)/t12-,17?/m0/s1. The Kier molecular flexibility index (Phi) is 8.08. The molecule has 1 unspecified atom stereocenters. The number of hydrogen-bond acceptors (Lipinski definition) is 9. The van der Waals surface area contributed by atoms with E-state index in [1.54, 1.807) is 19.1 Å². The van der Waals surface area contributed by atoms with E-state index in [4.69, 9.17) is 12.7 Å². The van der Waals surface area contributed by atoms with Crippen molar-refractivity contribution in [3.8, 4) is 0 Å². The lowest BCUT2D eigenvalue weighted by molar-refractivity contribution is -0.139. The Balaban J connectivity index is 1.58. The molecule has 35 heavy (non-hydrogen) atoms. The number of amides is 1. The van der Waals surface area contributed by atoms with Crippen LogP contribution < -0.4 is 21.9 Å². The lowest BCUT2D eigenvalue weighted by Gasteiger charge is -2.15. The quantitative estimate of drug-likeness (QED) is 0.266. The number of benzene rings is 1. The molecule has 0 aliphatic rings. The van der Waals surface area contributed by atoms with Crippen LogP contribution in [0, 0.1) is 12.8 Å². The summed E-state index contributed by atoms with van der Waals surface area (Å²) < 4.78 is 0. The highest BCUT2D eigenvalue weighted by Crippen LogP contribution is 2.13. The van der Waals surface area contributed by atoms with Crippen LogP contribution in [0.3, 0.4) is 0 Å². The number of Topliss-reactive ketones (excluding diaryl/α,β-unsaturated/α-hetero) is 1. The molecule has 0 spiro atoms. The van der Waals surface area contributed by atoms with Crippen molar-refractivity contribution < 1.29 is 19.5 Å². The number of nitrogens with one attached hydrogen (secondary N) is 3. The summed E-state index contributed by atoms with van der Waals surface area (Å²) in [6.07, 6.45) is 1.61. The van der Waals surface area contributed by atoms with Gasteiger partial charge in [0, 0.05) is 24.1 Å². The summed E-state index contributed by atoms with van der Waals surface area (Å²) in [5.74, 6) is -2.30. The molecule has 1 amide bonds. The average Bonchev–Trinajstić information content (AvgIpc) is 2.80. The molecule has 0 aliphatic carbocycles. The van der Waals surface area contributed by atoms with Crippen molar-refractivity contribution in [2.75, 3.05) is 11.1 Å². The first-order chi connectivity index (χ1) is 16.6. The maximum Gasteiger partial charge on any atom is 0.326 e. The molecule has 3 aromatic rings. The molecule has 182 valence electrons. The van der Waals surface area contributed by atoms with E-state index >= 15 is 0 Å². The molecule has 0 bridgehead atoms. The van der Waals surface area contributed by atoms with Gasteiger partial charge in [-0.2, -0.15) is 4.98 Å². The van der Waals surface area contributed by atoms with E-state index in [2.05, 4.69) is 30.6 Å². The smallest absolute Gasteiger partial charge is 0.326 e. The number of aromatic amines is 1. The summed E-state index contributed by atoms with van der Waals surface area (Å²) >= 11 is 0. The molecule has 12 nitrogen and oxygen atoms in total. The van der Waals surface area contributed by atoms with Crippen LogP contribution in [0.5, 0.6) is 0 Å². The third-order valence-corrected chi connectivity index (χ3v) is 4.97. The Morgan fingerprint density at radius 3 is 2.57 bits per heavy atom. The molecule has 0 fully saturated rings. The fourth-order valence-corrected chi connectivity index (χ4v) is 3.25. The first kappa shape index (κ1) is 25.3.